The first-order valence-corrected chi connectivity index (χ1v) is 3.82. The summed E-state index contributed by atoms with van der Waals surface area (Å²) in [6.45, 7) is 1.17. The van der Waals surface area contributed by atoms with E-state index in [0.717, 1.165) is 17.2 Å². The summed E-state index contributed by atoms with van der Waals surface area (Å²) < 4.78 is 12.5. The van der Waals surface area contributed by atoms with E-state index in [1.165, 1.54) is 19.1 Å². The first kappa shape index (κ1) is 10.2. The number of rotatable bonds is 3. The average molecular weight is 197 g/mol. The highest BCUT2D eigenvalue weighted by molar-refractivity contribution is 5.77. The van der Waals surface area contributed by atoms with E-state index in [9.17, 15) is 14.0 Å². The molecule has 0 saturated heterocycles. The SMILES string of the molecule is CC(=O)ON(C=O)c1ccc(F)cc1. The van der Waals surface area contributed by atoms with E-state index < -0.39 is 11.8 Å². The van der Waals surface area contributed by atoms with Gasteiger partial charge in [-0.25, -0.2) is 9.18 Å². The summed E-state index contributed by atoms with van der Waals surface area (Å²) >= 11 is 0. The van der Waals surface area contributed by atoms with Crippen LogP contribution < -0.4 is 5.06 Å². The predicted octanol–water partition coefficient (Wildman–Crippen LogP) is 1.27. The molecule has 0 heterocycles. The van der Waals surface area contributed by atoms with Crippen molar-refractivity contribution < 1.29 is 18.8 Å². The van der Waals surface area contributed by atoms with Gasteiger partial charge in [0, 0.05) is 6.92 Å². The summed E-state index contributed by atoms with van der Waals surface area (Å²) in [6.07, 6.45) is 0.328. The fraction of sp³-hybridized carbons (Fsp3) is 0.111. The second kappa shape index (κ2) is 4.36. The lowest BCUT2D eigenvalue weighted by Crippen LogP contribution is -2.24. The Morgan fingerprint density at radius 2 is 2.00 bits per heavy atom. The van der Waals surface area contributed by atoms with Crippen molar-refractivity contribution in [2.24, 2.45) is 0 Å². The van der Waals surface area contributed by atoms with Crippen molar-refractivity contribution in [2.75, 3.05) is 5.06 Å². The highest BCUT2D eigenvalue weighted by Gasteiger charge is 2.08. The van der Waals surface area contributed by atoms with Gasteiger partial charge in [-0.05, 0) is 24.3 Å². The third-order valence-corrected chi connectivity index (χ3v) is 1.40. The van der Waals surface area contributed by atoms with Crippen LogP contribution in [0.15, 0.2) is 24.3 Å². The van der Waals surface area contributed by atoms with Crippen LogP contribution >= 0.6 is 0 Å². The van der Waals surface area contributed by atoms with Crippen LogP contribution in [0.25, 0.3) is 0 Å². The van der Waals surface area contributed by atoms with E-state index in [-0.39, 0.29) is 5.69 Å². The lowest BCUT2D eigenvalue weighted by molar-refractivity contribution is -0.145. The molecule has 0 unspecified atom stereocenters. The molecule has 0 spiro atoms. The Morgan fingerprint density at radius 1 is 1.43 bits per heavy atom. The zero-order valence-electron chi connectivity index (χ0n) is 7.44. The predicted molar refractivity (Wildman–Crippen MR) is 46.7 cm³/mol. The molecule has 1 rings (SSSR count). The fourth-order valence-corrected chi connectivity index (χ4v) is 0.862. The molecule has 0 N–H and O–H groups in total. The summed E-state index contributed by atoms with van der Waals surface area (Å²) in [5.74, 6) is -1.05. The maximum absolute atomic E-state index is 12.5. The second-order valence-corrected chi connectivity index (χ2v) is 2.49. The van der Waals surface area contributed by atoms with E-state index >= 15 is 0 Å². The number of amides is 1. The lowest BCUT2D eigenvalue weighted by Gasteiger charge is -2.14. The molecule has 1 aromatic carbocycles. The minimum Gasteiger partial charge on any atom is -0.334 e. The molecule has 14 heavy (non-hydrogen) atoms. The van der Waals surface area contributed by atoms with Gasteiger partial charge in [0.15, 0.2) is 0 Å². The minimum absolute atomic E-state index is 0.289. The highest BCUT2D eigenvalue weighted by Crippen LogP contribution is 2.13. The standard InChI is InChI=1S/C9H8FNO3/c1-7(13)14-11(6-12)9-4-2-8(10)3-5-9/h2-6H,1H3. The molecule has 74 valence electrons. The normalized spacial score (nSPS) is 9.29. The molecule has 0 aliphatic heterocycles. The number of hydrogen-bond acceptors (Lipinski definition) is 3. The number of halogens is 1. The lowest BCUT2D eigenvalue weighted by atomic mass is 10.3. The number of carbonyl (C=O) groups excluding carboxylic acids is 2. The van der Waals surface area contributed by atoms with Gasteiger partial charge in [0.25, 0.3) is 0 Å². The number of benzene rings is 1. The molecule has 0 bridgehead atoms. The van der Waals surface area contributed by atoms with Crippen LogP contribution in [0.3, 0.4) is 0 Å². The Morgan fingerprint density at radius 3 is 2.43 bits per heavy atom. The van der Waals surface area contributed by atoms with E-state index in [1.54, 1.807) is 0 Å². The van der Waals surface area contributed by atoms with Crippen LogP contribution in [0.1, 0.15) is 6.92 Å². The fourth-order valence-electron chi connectivity index (χ4n) is 0.862. The Labute approximate surface area is 79.8 Å². The molecule has 0 fully saturated rings. The first-order valence-electron chi connectivity index (χ1n) is 3.82. The quantitative estimate of drug-likeness (QED) is 0.541. The topological polar surface area (TPSA) is 46.6 Å². The molecule has 0 aliphatic carbocycles. The van der Waals surface area contributed by atoms with Crippen LogP contribution in [0.4, 0.5) is 10.1 Å². The molecular weight excluding hydrogens is 189 g/mol. The highest BCUT2D eigenvalue weighted by atomic mass is 19.1. The molecule has 1 amide bonds. The van der Waals surface area contributed by atoms with E-state index in [0.29, 0.717) is 6.41 Å². The molecule has 0 aliphatic rings. The van der Waals surface area contributed by atoms with E-state index in [4.69, 9.17) is 0 Å². The molecule has 0 saturated carbocycles. The molecular formula is C9H8FNO3. The van der Waals surface area contributed by atoms with Crippen LogP contribution in [-0.4, -0.2) is 12.4 Å². The summed E-state index contributed by atoms with van der Waals surface area (Å²) in [4.78, 5) is 25.6. The van der Waals surface area contributed by atoms with Crippen molar-refractivity contribution in [3.8, 4) is 0 Å². The molecule has 4 nitrogen and oxygen atoms in total. The smallest absolute Gasteiger partial charge is 0.330 e. The Kier molecular flexibility index (Phi) is 3.17. The summed E-state index contributed by atoms with van der Waals surface area (Å²) in [5, 5.41) is 0.724. The Balaban J connectivity index is 2.84. The maximum Gasteiger partial charge on any atom is 0.330 e. The van der Waals surface area contributed by atoms with Crippen molar-refractivity contribution >= 4 is 18.1 Å². The zero-order valence-corrected chi connectivity index (χ0v) is 7.44. The number of anilines is 1. The summed E-state index contributed by atoms with van der Waals surface area (Å²) in [6, 6.07) is 4.98. The maximum atomic E-state index is 12.5. The van der Waals surface area contributed by atoms with Gasteiger partial charge in [-0.1, -0.05) is 0 Å². The molecule has 0 radical (unpaired) electrons. The van der Waals surface area contributed by atoms with Gasteiger partial charge < -0.3 is 4.84 Å². The second-order valence-electron chi connectivity index (χ2n) is 2.49. The van der Waals surface area contributed by atoms with Crippen molar-refractivity contribution in [2.45, 2.75) is 6.92 Å². The van der Waals surface area contributed by atoms with Crippen LogP contribution in [0.5, 0.6) is 0 Å². The number of hydrogen-bond donors (Lipinski definition) is 0. The van der Waals surface area contributed by atoms with Gasteiger partial charge in [-0.2, -0.15) is 0 Å². The van der Waals surface area contributed by atoms with Crippen molar-refractivity contribution in [1.29, 1.82) is 0 Å². The van der Waals surface area contributed by atoms with Gasteiger partial charge in [0.1, 0.15) is 5.82 Å². The third-order valence-electron chi connectivity index (χ3n) is 1.40. The first-order chi connectivity index (χ1) is 6.63. The van der Waals surface area contributed by atoms with Gasteiger partial charge in [0.05, 0.1) is 5.69 Å². The molecule has 0 atom stereocenters. The van der Waals surface area contributed by atoms with Gasteiger partial charge in [-0.3, -0.25) is 4.79 Å². The number of hydroxylamine groups is 1. The number of nitrogens with zero attached hydrogens (tertiary/aromatic N) is 1. The van der Waals surface area contributed by atoms with Gasteiger partial charge in [-0.15, -0.1) is 5.06 Å². The van der Waals surface area contributed by atoms with Crippen LogP contribution in [0, 0.1) is 5.82 Å². The van der Waals surface area contributed by atoms with Gasteiger partial charge >= 0.3 is 5.97 Å². The summed E-state index contributed by atoms with van der Waals surface area (Å²) in [5.41, 5.74) is 0.289. The largest absolute Gasteiger partial charge is 0.334 e. The van der Waals surface area contributed by atoms with E-state index in [1.807, 2.05) is 0 Å². The zero-order chi connectivity index (χ0) is 10.6. The average Bonchev–Trinajstić information content (AvgIpc) is 2.15. The number of carbonyl (C=O) groups is 2. The molecule has 0 aromatic heterocycles. The minimum atomic E-state index is -0.624. The van der Waals surface area contributed by atoms with Crippen LogP contribution in [-0.2, 0) is 14.4 Å². The monoisotopic (exact) mass is 197 g/mol. The Hall–Kier alpha value is -1.91. The van der Waals surface area contributed by atoms with Crippen LogP contribution in [0.2, 0.25) is 0 Å². The summed E-state index contributed by atoms with van der Waals surface area (Å²) in [7, 11) is 0. The molecule has 5 heteroatoms. The third kappa shape index (κ3) is 2.55. The van der Waals surface area contributed by atoms with Crippen molar-refractivity contribution in [3.05, 3.63) is 30.1 Å². The van der Waals surface area contributed by atoms with E-state index in [2.05, 4.69) is 4.84 Å². The van der Waals surface area contributed by atoms with Crippen molar-refractivity contribution in [3.63, 3.8) is 0 Å². The van der Waals surface area contributed by atoms with Crippen molar-refractivity contribution in [1.82, 2.24) is 0 Å². The van der Waals surface area contributed by atoms with Gasteiger partial charge in [0.2, 0.25) is 6.41 Å². The Bertz CT molecular complexity index is 336. The molecule has 1 aromatic rings.